The van der Waals surface area contributed by atoms with Crippen molar-refractivity contribution in [1.82, 2.24) is 0 Å². The minimum absolute atomic E-state index is 0.0526. The molecule has 0 aromatic heterocycles. The number of hydrogen-bond acceptors (Lipinski definition) is 0. The summed E-state index contributed by atoms with van der Waals surface area (Å²) in [6.07, 6.45) is -2.72. The zero-order valence-electron chi connectivity index (χ0n) is 16.7. The minimum Gasteiger partial charge on any atom is -0.206 e. The molecule has 0 spiro atoms. The van der Waals surface area contributed by atoms with E-state index >= 15 is 4.39 Å². The molecule has 0 fully saturated rings. The summed E-state index contributed by atoms with van der Waals surface area (Å²) in [4.78, 5) is 0. The maximum atomic E-state index is 15.1. The van der Waals surface area contributed by atoms with E-state index in [9.17, 15) is 17.6 Å². The highest BCUT2D eigenvalue weighted by molar-refractivity contribution is 5.91. The summed E-state index contributed by atoms with van der Waals surface area (Å²) in [5.74, 6) is -2.02. The van der Waals surface area contributed by atoms with Crippen molar-refractivity contribution in [3.8, 4) is 22.3 Å². The molecule has 158 valence electrons. The number of hydrogen-bond donors (Lipinski definition) is 0. The zero-order chi connectivity index (χ0) is 22.2. The minimum atomic E-state index is -4.80. The second-order valence-electron chi connectivity index (χ2n) is 7.50. The Morgan fingerprint density at radius 2 is 1.39 bits per heavy atom. The van der Waals surface area contributed by atoms with E-state index in [0.29, 0.717) is 16.8 Å². The molecule has 5 heteroatoms. The molecule has 0 aliphatic rings. The number of rotatable bonds is 4. The fourth-order valence-electron chi connectivity index (χ4n) is 3.76. The molecule has 0 heterocycles. The fourth-order valence-corrected chi connectivity index (χ4v) is 3.76. The van der Waals surface area contributed by atoms with Crippen LogP contribution in [0.1, 0.15) is 24.5 Å². The SMILES string of the molecule is CCCc1ccc(-c2ccc3c(F)c(-c4ccc(C(F)(F)F)c(F)c4)ccc3c2)cc1. The molecule has 0 atom stereocenters. The van der Waals surface area contributed by atoms with Gasteiger partial charge in [0.2, 0.25) is 0 Å². The van der Waals surface area contributed by atoms with Crippen molar-refractivity contribution in [1.29, 1.82) is 0 Å². The first-order valence-corrected chi connectivity index (χ1v) is 9.96. The summed E-state index contributed by atoms with van der Waals surface area (Å²) >= 11 is 0. The Bertz CT molecular complexity index is 1240. The number of halogens is 5. The molecule has 0 bridgehead atoms. The van der Waals surface area contributed by atoms with Crippen LogP contribution in [0.25, 0.3) is 33.0 Å². The van der Waals surface area contributed by atoms with Crippen molar-refractivity contribution in [2.45, 2.75) is 25.9 Å². The van der Waals surface area contributed by atoms with Crippen molar-refractivity contribution in [2.24, 2.45) is 0 Å². The average Bonchev–Trinajstić information content (AvgIpc) is 2.73. The Hall–Kier alpha value is -3.21. The molecule has 0 unspecified atom stereocenters. The van der Waals surface area contributed by atoms with Gasteiger partial charge in [0.25, 0.3) is 0 Å². The van der Waals surface area contributed by atoms with Crippen molar-refractivity contribution < 1.29 is 22.0 Å². The van der Waals surface area contributed by atoms with Crippen LogP contribution < -0.4 is 0 Å². The Balaban J connectivity index is 1.72. The third kappa shape index (κ3) is 4.18. The largest absolute Gasteiger partial charge is 0.419 e. The highest BCUT2D eigenvalue weighted by Gasteiger charge is 2.34. The van der Waals surface area contributed by atoms with Crippen molar-refractivity contribution in [3.05, 3.63) is 95.6 Å². The van der Waals surface area contributed by atoms with Gasteiger partial charge in [-0.1, -0.05) is 67.9 Å². The van der Waals surface area contributed by atoms with Gasteiger partial charge in [0, 0.05) is 10.9 Å². The number of fused-ring (bicyclic) bond motifs is 1. The molecule has 0 N–H and O–H groups in total. The summed E-state index contributed by atoms with van der Waals surface area (Å²) in [5.41, 5.74) is 1.94. The van der Waals surface area contributed by atoms with Gasteiger partial charge in [-0.25, -0.2) is 8.78 Å². The third-order valence-electron chi connectivity index (χ3n) is 5.37. The van der Waals surface area contributed by atoms with Gasteiger partial charge in [-0.15, -0.1) is 0 Å². The van der Waals surface area contributed by atoms with E-state index in [4.69, 9.17) is 0 Å². The van der Waals surface area contributed by atoms with E-state index in [1.165, 1.54) is 11.6 Å². The summed E-state index contributed by atoms with van der Waals surface area (Å²) in [7, 11) is 0. The maximum Gasteiger partial charge on any atom is 0.419 e. The molecule has 0 radical (unpaired) electrons. The quantitative estimate of drug-likeness (QED) is 0.287. The van der Waals surface area contributed by atoms with E-state index in [-0.39, 0.29) is 11.1 Å². The molecule has 0 aliphatic carbocycles. The Morgan fingerprint density at radius 1 is 0.710 bits per heavy atom. The number of benzene rings is 4. The lowest BCUT2D eigenvalue weighted by molar-refractivity contribution is -0.139. The molecule has 0 nitrogen and oxygen atoms in total. The lowest BCUT2D eigenvalue weighted by Gasteiger charge is -2.12. The van der Waals surface area contributed by atoms with Gasteiger partial charge in [0.15, 0.2) is 0 Å². The molecule has 4 aromatic rings. The lowest BCUT2D eigenvalue weighted by atomic mass is 9.96. The highest BCUT2D eigenvalue weighted by atomic mass is 19.4. The Labute approximate surface area is 177 Å². The van der Waals surface area contributed by atoms with Crippen LogP contribution in [-0.4, -0.2) is 0 Å². The topological polar surface area (TPSA) is 0 Å². The van der Waals surface area contributed by atoms with Crippen molar-refractivity contribution in [3.63, 3.8) is 0 Å². The number of alkyl halides is 3. The van der Waals surface area contributed by atoms with Crippen LogP contribution in [0.5, 0.6) is 0 Å². The summed E-state index contributed by atoms with van der Waals surface area (Å²) in [5, 5.41) is 0.980. The molecule has 0 amide bonds. The molecule has 4 rings (SSSR count). The summed E-state index contributed by atoms with van der Waals surface area (Å²) in [6.45, 7) is 2.12. The van der Waals surface area contributed by atoms with Gasteiger partial charge in [-0.3, -0.25) is 0 Å². The molecular weight excluding hydrogens is 407 g/mol. The van der Waals surface area contributed by atoms with Gasteiger partial charge in [-0.05, 0) is 52.3 Å². The average molecular weight is 426 g/mol. The van der Waals surface area contributed by atoms with Gasteiger partial charge < -0.3 is 0 Å². The highest BCUT2D eigenvalue weighted by Crippen LogP contribution is 2.36. The van der Waals surface area contributed by atoms with Crippen LogP contribution in [0.15, 0.2) is 72.8 Å². The van der Waals surface area contributed by atoms with Crippen LogP contribution in [0.4, 0.5) is 22.0 Å². The molecular formula is C26H19F5. The third-order valence-corrected chi connectivity index (χ3v) is 5.37. The van der Waals surface area contributed by atoms with Crippen LogP contribution in [-0.2, 0) is 12.6 Å². The zero-order valence-corrected chi connectivity index (χ0v) is 16.7. The summed E-state index contributed by atoms with van der Waals surface area (Å²) in [6, 6.07) is 19.1. The van der Waals surface area contributed by atoms with E-state index in [1.807, 2.05) is 18.2 Å². The van der Waals surface area contributed by atoms with E-state index in [0.717, 1.165) is 36.1 Å². The van der Waals surface area contributed by atoms with Crippen molar-refractivity contribution in [2.75, 3.05) is 0 Å². The predicted octanol–water partition coefficient (Wildman–Crippen LogP) is 8.42. The van der Waals surface area contributed by atoms with Gasteiger partial charge in [0.05, 0.1) is 5.56 Å². The van der Waals surface area contributed by atoms with Crippen molar-refractivity contribution >= 4 is 10.8 Å². The van der Waals surface area contributed by atoms with E-state index in [1.54, 1.807) is 18.2 Å². The van der Waals surface area contributed by atoms with Gasteiger partial charge in [0.1, 0.15) is 11.6 Å². The molecule has 31 heavy (non-hydrogen) atoms. The fraction of sp³-hybridized carbons (Fsp3) is 0.154. The monoisotopic (exact) mass is 426 g/mol. The smallest absolute Gasteiger partial charge is 0.206 e. The van der Waals surface area contributed by atoms with E-state index in [2.05, 4.69) is 19.1 Å². The molecule has 4 aromatic carbocycles. The first-order valence-electron chi connectivity index (χ1n) is 9.96. The summed E-state index contributed by atoms with van der Waals surface area (Å²) < 4.78 is 67.5. The second kappa shape index (κ2) is 8.14. The molecule has 0 saturated carbocycles. The first kappa shape index (κ1) is 21.0. The first-order chi connectivity index (χ1) is 14.8. The van der Waals surface area contributed by atoms with Gasteiger partial charge in [-0.2, -0.15) is 13.2 Å². The second-order valence-corrected chi connectivity index (χ2v) is 7.50. The standard InChI is InChI=1S/C26H19F5/c1-2-3-16-4-6-17(7-5-16)18-8-11-21-19(14-18)9-12-22(25(21)28)20-10-13-23(24(27)15-20)26(29,30)31/h4-15H,2-3H2,1H3. The predicted molar refractivity (Wildman–Crippen MR) is 114 cm³/mol. The van der Waals surface area contributed by atoms with E-state index < -0.39 is 23.4 Å². The Morgan fingerprint density at radius 3 is 2.03 bits per heavy atom. The lowest BCUT2D eigenvalue weighted by Crippen LogP contribution is -2.07. The maximum absolute atomic E-state index is 15.1. The van der Waals surface area contributed by atoms with Crippen LogP contribution in [0, 0.1) is 11.6 Å². The Kier molecular flexibility index (Phi) is 5.52. The van der Waals surface area contributed by atoms with Crippen LogP contribution >= 0.6 is 0 Å². The number of aryl methyl sites for hydroxylation is 1. The van der Waals surface area contributed by atoms with Gasteiger partial charge >= 0.3 is 6.18 Å². The normalized spacial score (nSPS) is 11.8. The molecule has 0 aliphatic heterocycles. The van der Waals surface area contributed by atoms with Crippen LogP contribution in [0.3, 0.4) is 0 Å². The van der Waals surface area contributed by atoms with Crippen LogP contribution in [0.2, 0.25) is 0 Å². The molecule has 0 saturated heterocycles.